The van der Waals surface area contributed by atoms with Gasteiger partial charge in [-0.25, -0.2) is 8.78 Å². The molecule has 0 atom stereocenters. The number of aryl methyl sites for hydroxylation is 1. The van der Waals surface area contributed by atoms with Gasteiger partial charge in [-0.05, 0) is 52.2 Å². The van der Waals surface area contributed by atoms with Crippen LogP contribution >= 0.6 is 15.9 Å². The molecule has 2 aromatic rings. The molecular weight excluding hydrogens is 502 g/mol. The molecule has 1 aliphatic heterocycles. The van der Waals surface area contributed by atoms with Gasteiger partial charge in [0.25, 0.3) is 0 Å². The van der Waals surface area contributed by atoms with Gasteiger partial charge in [0.1, 0.15) is 16.3 Å². The largest absolute Gasteiger partial charge is 0.455 e. The highest BCUT2D eigenvalue weighted by atomic mass is 79.9. The zero-order chi connectivity index (χ0) is 23.9. The van der Waals surface area contributed by atoms with Gasteiger partial charge in [-0.1, -0.05) is 12.1 Å². The Hall–Kier alpha value is -3.59. The Labute approximate surface area is 194 Å². The smallest absolute Gasteiger partial charge is 0.305 e. The molecule has 0 saturated carbocycles. The van der Waals surface area contributed by atoms with E-state index in [-0.39, 0.29) is 32.5 Å². The van der Waals surface area contributed by atoms with Crippen molar-refractivity contribution >= 4 is 39.2 Å². The summed E-state index contributed by atoms with van der Waals surface area (Å²) in [6.07, 6.45) is 0.694. The number of carbonyl (C=O) groups is 2. The molecule has 0 amide bonds. The van der Waals surface area contributed by atoms with Crippen LogP contribution in [0.1, 0.15) is 22.8 Å². The minimum Gasteiger partial charge on any atom is -0.455 e. The normalized spacial score (nSPS) is 11.1. The van der Waals surface area contributed by atoms with Gasteiger partial charge < -0.3 is 13.9 Å². The van der Waals surface area contributed by atoms with Gasteiger partial charge in [0.05, 0.1) is 0 Å². The number of ether oxygens (including phenoxy) is 2. The van der Waals surface area contributed by atoms with Crippen molar-refractivity contribution in [3.8, 4) is 28.2 Å². The lowest BCUT2D eigenvalue weighted by atomic mass is 9.90. The van der Waals surface area contributed by atoms with Crippen LogP contribution in [0, 0.1) is 18.6 Å². The molecule has 9 heteroatoms. The summed E-state index contributed by atoms with van der Waals surface area (Å²) in [6, 6.07) is 8.33. The molecule has 0 fully saturated rings. The van der Waals surface area contributed by atoms with Gasteiger partial charge in [-0.3, -0.25) is 14.4 Å². The van der Waals surface area contributed by atoms with Gasteiger partial charge in [0.15, 0.2) is 23.1 Å². The molecule has 4 rings (SSSR count). The molecule has 2 aromatic carbocycles. The standard InChI is InChI=1S/C24H15BrF2O6/c1-11-5-13(9-28)3-4-14(11)21-15-6-17(26)20(32-10-31-12(2)29)8-19(15)33-24-16(21)7-18(27)23(30)22(24)25/h3-9H,10H2,1-2H3. The van der Waals surface area contributed by atoms with Crippen molar-refractivity contribution < 1.29 is 32.3 Å². The average Bonchev–Trinajstić information content (AvgIpc) is 2.77. The lowest BCUT2D eigenvalue weighted by Crippen LogP contribution is -2.10. The van der Waals surface area contributed by atoms with E-state index in [0.29, 0.717) is 28.5 Å². The molecule has 0 unspecified atom stereocenters. The third-order valence-corrected chi connectivity index (χ3v) is 5.77. The van der Waals surface area contributed by atoms with Crippen molar-refractivity contribution in [2.24, 2.45) is 0 Å². The van der Waals surface area contributed by atoms with Gasteiger partial charge >= 0.3 is 5.97 Å². The van der Waals surface area contributed by atoms with Crippen LogP contribution in [0.3, 0.4) is 0 Å². The first-order valence-corrected chi connectivity index (χ1v) is 10.4. The van der Waals surface area contributed by atoms with Gasteiger partial charge in [-0.2, -0.15) is 0 Å². The summed E-state index contributed by atoms with van der Waals surface area (Å²) in [4.78, 5) is 34.3. The van der Waals surface area contributed by atoms with Crippen LogP contribution in [0.5, 0.6) is 5.75 Å². The molecule has 0 radical (unpaired) electrons. The summed E-state index contributed by atoms with van der Waals surface area (Å²) in [5.74, 6) is -2.56. The quantitative estimate of drug-likeness (QED) is 0.148. The van der Waals surface area contributed by atoms with E-state index in [1.165, 1.54) is 13.0 Å². The summed E-state index contributed by atoms with van der Waals surface area (Å²) in [5, 5.41) is 0.284. The number of fused-ring (bicyclic) bond motifs is 2. The second-order valence-electron chi connectivity index (χ2n) is 7.22. The Morgan fingerprint density at radius 1 is 1.12 bits per heavy atom. The van der Waals surface area contributed by atoms with Crippen molar-refractivity contribution in [2.75, 3.05) is 6.79 Å². The number of carbonyl (C=O) groups excluding carboxylic acids is 2. The summed E-state index contributed by atoms with van der Waals surface area (Å²) in [5.41, 5.74) is 1.59. The third-order valence-electron chi connectivity index (χ3n) is 5.05. The van der Waals surface area contributed by atoms with E-state index in [1.807, 2.05) is 0 Å². The predicted octanol–water partition coefficient (Wildman–Crippen LogP) is 5.63. The van der Waals surface area contributed by atoms with E-state index in [9.17, 15) is 23.2 Å². The van der Waals surface area contributed by atoms with Crippen molar-refractivity contribution in [2.45, 2.75) is 13.8 Å². The molecule has 2 aliphatic rings. The first kappa shape index (κ1) is 22.6. The maximum atomic E-state index is 14.9. The lowest BCUT2D eigenvalue weighted by molar-refractivity contribution is -0.147. The van der Waals surface area contributed by atoms with Gasteiger partial charge in [-0.15, -0.1) is 0 Å². The zero-order valence-corrected chi connectivity index (χ0v) is 18.9. The monoisotopic (exact) mass is 516 g/mol. The molecule has 0 spiro atoms. The molecule has 0 bridgehead atoms. The first-order chi connectivity index (χ1) is 15.7. The summed E-state index contributed by atoms with van der Waals surface area (Å²) in [7, 11) is 0. The van der Waals surface area contributed by atoms with Crippen LogP contribution in [0.15, 0.2) is 50.1 Å². The average molecular weight is 517 g/mol. The highest BCUT2D eigenvalue weighted by Crippen LogP contribution is 2.44. The number of esters is 1. The molecule has 0 aromatic heterocycles. The van der Waals surface area contributed by atoms with Crippen molar-refractivity contribution in [3.63, 3.8) is 0 Å². The second kappa shape index (κ2) is 8.74. The fraction of sp³-hybridized carbons (Fsp3) is 0.125. The highest BCUT2D eigenvalue weighted by Gasteiger charge is 2.25. The molecule has 1 heterocycles. The third kappa shape index (κ3) is 4.11. The maximum Gasteiger partial charge on any atom is 0.305 e. The predicted molar refractivity (Wildman–Crippen MR) is 120 cm³/mol. The van der Waals surface area contributed by atoms with Crippen LogP contribution in [0.25, 0.3) is 33.4 Å². The molecule has 0 N–H and O–H groups in total. The molecule has 0 saturated heterocycles. The fourth-order valence-electron chi connectivity index (χ4n) is 3.56. The van der Waals surface area contributed by atoms with E-state index >= 15 is 0 Å². The number of hydrogen-bond donors (Lipinski definition) is 0. The molecule has 6 nitrogen and oxygen atoms in total. The summed E-state index contributed by atoms with van der Waals surface area (Å²) < 4.78 is 44.9. The number of aldehydes is 1. The van der Waals surface area contributed by atoms with Crippen molar-refractivity contribution in [1.29, 1.82) is 0 Å². The van der Waals surface area contributed by atoms with Gasteiger partial charge in [0.2, 0.25) is 12.2 Å². The summed E-state index contributed by atoms with van der Waals surface area (Å²) in [6.45, 7) is 2.43. The highest BCUT2D eigenvalue weighted by molar-refractivity contribution is 9.10. The summed E-state index contributed by atoms with van der Waals surface area (Å²) >= 11 is 3.10. The van der Waals surface area contributed by atoms with E-state index in [0.717, 1.165) is 12.1 Å². The molecular formula is C24H15BrF2O6. The van der Waals surface area contributed by atoms with E-state index in [4.69, 9.17) is 9.15 Å². The van der Waals surface area contributed by atoms with E-state index < -0.39 is 29.8 Å². The van der Waals surface area contributed by atoms with Gasteiger partial charge in [0, 0.05) is 35.1 Å². The Balaban J connectivity index is 2.06. The van der Waals surface area contributed by atoms with Crippen LogP contribution in [-0.2, 0) is 9.53 Å². The maximum absolute atomic E-state index is 14.9. The number of rotatable bonds is 5. The van der Waals surface area contributed by atoms with Crippen LogP contribution < -0.4 is 10.2 Å². The fourth-order valence-corrected chi connectivity index (χ4v) is 4.04. The SMILES string of the molecule is CC(=O)OCOc1cc2oc3c(Br)c(=O)c(F)cc-3c(-c3ccc(C=O)cc3C)c2cc1F. The topological polar surface area (TPSA) is 82.8 Å². The van der Waals surface area contributed by atoms with E-state index in [2.05, 4.69) is 20.7 Å². The Morgan fingerprint density at radius 3 is 2.55 bits per heavy atom. The molecule has 33 heavy (non-hydrogen) atoms. The Bertz CT molecular complexity index is 1460. The lowest BCUT2D eigenvalue weighted by Gasteiger charge is -2.19. The van der Waals surface area contributed by atoms with Crippen LogP contribution in [0.4, 0.5) is 8.78 Å². The van der Waals surface area contributed by atoms with Crippen molar-refractivity contribution in [3.05, 3.63) is 73.9 Å². The van der Waals surface area contributed by atoms with Crippen molar-refractivity contribution in [1.82, 2.24) is 0 Å². The second-order valence-corrected chi connectivity index (χ2v) is 8.02. The van der Waals surface area contributed by atoms with E-state index in [1.54, 1.807) is 25.1 Å². The zero-order valence-electron chi connectivity index (χ0n) is 17.3. The van der Waals surface area contributed by atoms with Crippen LogP contribution in [-0.4, -0.2) is 19.0 Å². The Morgan fingerprint density at radius 2 is 1.88 bits per heavy atom. The first-order valence-electron chi connectivity index (χ1n) is 9.61. The minimum absolute atomic E-state index is 0.0558. The Kier molecular flexibility index (Phi) is 5.99. The minimum atomic E-state index is -1.01. The number of benzene rings is 3. The molecule has 1 aliphatic carbocycles. The molecule has 168 valence electrons. The number of hydrogen-bond acceptors (Lipinski definition) is 6. The van der Waals surface area contributed by atoms with Crippen LogP contribution in [0.2, 0.25) is 0 Å². The number of halogens is 3.